The van der Waals surface area contributed by atoms with Crippen LogP contribution in [0.1, 0.15) is 25.0 Å². The molecule has 1 N–H and O–H groups in total. The Labute approximate surface area is 147 Å². The van der Waals surface area contributed by atoms with E-state index in [4.69, 9.17) is 11.6 Å². The second kappa shape index (κ2) is 8.50. The van der Waals surface area contributed by atoms with Crippen LogP contribution >= 0.6 is 11.6 Å². The summed E-state index contributed by atoms with van der Waals surface area (Å²) in [5.41, 5.74) is 1.95. The SMILES string of the molecule is CC(=O)N(Cc1ccccc1)[C@@H](C)C(=O)NCc1ccc(Cl)cc1. The maximum Gasteiger partial charge on any atom is 0.242 e. The number of halogens is 1. The zero-order chi connectivity index (χ0) is 17.5. The van der Waals surface area contributed by atoms with Gasteiger partial charge in [-0.3, -0.25) is 9.59 Å². The molecule has 2 aromatic carbocycles. The Hall–Kier alpha value is -2.33. The zero-order valence-corrected chi connectivity index (χ0v) is 14.6. The number of carbonyl (C=O) groups excluding carboxylic acids is 2. The maximum absolute atomic E-state index is 12.4. The van der Waals surface area contributed by atoms with Gasteiger partial charge in [0.25, 0.3) is 0 Å². The smallest absolute Gasteiger partial charge is 0.242 e. The van der Waals surface area contributed by atoms with Crippen LogP contribution in [-0.2, 0) is 22.7 Å². The van der Waals surface area contributed by atoms with Crippen LogP contribution in [0.25, 0.3) is 0 Å². The molecule has 0 aliphatic heterocycles. The first-order valence-electron chi connectivity index (χ1n) is 7.80. The topological polar surface area (TPSA) is 49.4 Å². The van der Waals surface area contributed by atoms with Crippen molar-refractivity contribution in [1.29, 1.82) is 0 Å². The van der Waals surface area contributed by atoms with Gasteiger partial charge in [-0.1, -0.05) is 54.1 Å². The molecule has 0 saturated heterocycles. The van der Waals surface area contributed by atoms with Gasteiger partial charge in [0, 0.05) is 25.0 Å². The normalized spacial score (nSPS) is 11.6. The predicted molar refractivity (Wildman–Crippen MR) is 95.4 cm³/mol. The first-order chi connectivity index (χ1) is 11.5. The maximum atomic E-state index is 12.4. The zero-order valence-electron chi connectivity index (χ0n) is 13.8. The summed E-state index contributed by atoms with van der Waals surface area (Å²) in [7, 11) is 0. The van der Waals surface area contributed by atoms with Crippen molar-refractivity contribution in [3.8, 4) is 0 Å². The summed E-state index contributed by atoms with van der Waals surface area (Å²) in [6.45, 7) is 4.02. The quantitative estimate of drug-likeness (QED) is 0.873. The van der Waals surface area contributed by atoms with Crippen molar-refractivity contribution in [1.82, 2.24) is 10.2 Å². The number of nitrogens with zero attached hydrogens (tertiary/aromatic N) is 1. The van der Waals surface area contributed by atoms with Gasteiger partial charge in [-0.15, -0.1) is 0 Å². The van der Waals surface area contributed by atoms with E-state index >= 15 is 0 Å². The van der Waals surface area contributed by atoms with Crippen LogP contribution in [0.5, 0.6) is 0 Å². The van der Waals surface area contributed by atoms with Crippen molar-refractivity contribution < 1.29 is 9.59 Å². The first-order valence-corrected chi connectivity index (χ1v) is 8.18. The molecule has 0 aliphatic rings. The van der Waals surface area contributed by atoms with Crippen LogP contribution in [0.3, 0.4) is 0 Å². The number of benzene rings is 2. The summed E-state index contributed by atoms with van der Waals surface area (Å²) < 4.78 is 0. The fourth-order valence-corrected chi connectivity index (χ4v) is 2.51. The highest BCUT2D eigenvalue weighted by atomic mass is 35.5. The van der Waals surface area contributed by atoms with Crippen molar-refractivity contribution in [3.05, 3.63) is 70.7 Å². The largest absolute Gasteiger partial charge is 0.350 e. The molecule has 1 atom stereocenters. The summed E-state index contributed by atoms with van der Waals surface area (Å²) in [6, 6.07) is 16.4. The van der Waals surface area contributed by atoms with Crippen LogP contribution in [0.15, 0.2) is 54.6 Å². The lowest BCUT2D eigenvalue weighted by Gasteiger charge is -2.27. The van der Waals surface area contributed by atoms with Gasteiger partial charge < -0.3 is 10.2 Å². The van der Waals surface area contributed by atoms with Crippen molar-refractivity contribution in [2.24, 2.45) is 0 Å². The Morgan fingerprint density at radius 3 is 2.25 bits per heavy atom. The van der Waals surface area contributed by atoms with Crippen LogP contribution in [0.4, 0.5) is 0 Å². The van der Waals surface area contributed by atoms with Crippen LogP contribution in [-0.4, -0.2) is 22.8 Å². The number of hydrogen-bond donors (Lipinski definition) is 1. The van der Waals surface area contributed by atoms with Gasteiger partial charge in [0.15, 0.2) is 0 Å². The van der Waals surface area contributed by atoms with Gasteiger partial charge in [-0.05, 0) is 30.2 Å². The Morgan fingerprint density at radius 1 is 1.04 bits per heavy atom. The van der Waals surface area contributed by atoms with E-state index in [1.54, 1.807) is 24.0 Å². The minimum Gasteiger partial charge on any atom is -0.350 e. The third-order valence-electron chi connectivity index (χ3n) is 3.83. The summed E-state index contributed by atoms with van der Waals surface area (Å²) in [6.07, 6.45) is 0. The molecule has 4 nitrogen and oxygen atoms in total. The molecule has 0 spiro atoms. The fourth-order valence-electron chi connectivity index (χ4n) is 2.38. The second-order valence-electron chi connectivity index (χ2n) is 5.65. The Kier molecular flexibility index (Phi) is 6.38. The number of carbonyl (C=O) groups is 2. The molecule has 0 heterocycles. The Balaban J connectivity index is 1.97. The van der Waals surface area contributed by atoms with E-state index in [1.807, 2.05) is 42.5 Å². The van der Waals surface area contributed by atoms with E-state index in [0.29, 0.717) is 18.1 Å². The molecule has 126 valence electrons. The molecule has 0 fully saturated rings. The van der Waals surface area contributed by atoms with E-state index in [2.05, 4.69) is 5.32 Å². The van der Waals surface area contributed by atoms with E-state index in [9.17, 15) is 9.59 Å². The van der Waals surface area contributed by atoms with E-state index in [0.717, 1.165) is 11.1 Å². The molecular formula is C19H21ClN2O2. The Bertz CT molecular complexity index is 686. The van der Waals surface area contributed by atoms with Gasteiger partial charge >= 0.3 is 0 Å². The van der Waals surface area contributed by atoms with Gasteiger partial charge in [0.2, 0.25) is 11.8 Å². The summed E-state index contributed by atoms with van der Waals surface area (Å²) in [5, 5.41) is 3.52. The van der Waals surface area contributed by atoms with Crippen molar-refractivity contribution in [3.63, 3.8) is 0 Å². The average Bonchev–Trinajstić information content (AvgIpc) is 2.59. The van der Waals surface area contributed by atoms with Crippen molar-refractivity contribution in [2.75, 3.05) is 0 Å². The third kappa shape index (κ3) is 5.10. The molecule has 5 heteroatoms. The molecule has 2 amide bonds. The standard InChI is InChI=1S/C19H21ClN2O2/c1-14(19(24)21-12-16-8-10-18(20)11-9-16)22(15(2)23)13-17-6-4-3-5-7-17/h3-11,14H,12-13H2,1-2H3,(H,21,24)/t14-/m0/s1. The number of nitrogens with one attached hydrogen (secondary N) is 1. The van der Waals surface area contributed by atoms with E-state index < -0.39 is 6.04 Å². The lowest BCUT2D eigenvalue weighted by molar-refractivity contribution is -0.139. The molecule has 24 heavy (non-hydrogen) atoms. The van der Waals surface area contributed by atoms with E-state index in [1.165, 1.54) is 6.92 Å². The number of amides is 2. The monoisotopic (exact) mass is 344 g/mol. The highest BCUT2D eigenvalue weighted by molar-refractivity contribution is 6.30. The minimum atomic E-state index is -0.546. The summed E-state index contributed by atoms with van der Waals surface area (Å²) >= 11 is 5.85. The minimum absolute atomic E-state index is 0.131. The summed E-state index contributed by atoms with van der Waals surface area (Å²) in [5.74, 6) is -0.316. The lowest BCUT2D eigenvalue weighted by Crippen LogP contribution is -2.46. The van der Waals surface area contributed by atoms with Gasteiger partial charge in [-0.2, -0.15) is 0 Å². The van der Waals surface area contributed by atoms with Crippen LogP contribution < -0.4 is 5.32 Å². The molecule has 0 saturated carbocycles. The molecule has 0 aromatic heterocycles. The predicted octanol–water partition coefficient (Wildman–Crippen LogP) is 3.39. The number of hydrogen-bond acceptors (Lipinski definition) is 2. The lowest BCUT2D eigenvalue weighted by atomic mass is 10.1. The van der Waals surface area contributed by atoms with Gasteiger partial charge in [0.1, 0.15) is 6.04 Å². The molecule has 0 radical (unpaired) electrons. The molecule has 0 aliphatic carbocycles. The molecular weight excluding hydrogens is 324 g/mol. The Morgan fingerprint density at radius 2 is 1.67 bits per heavy atom. The molecule has 2 rings (SSSR count). The van der Waals surface area contributed by atoms with Crippen LogP contribution in [0, 0.1) is 0 Å². The van der Waals surface area contributed by atoms with Gasteiger partial charge in [0.05, 0.1) is 0 Å². The molecule has 0 unspecified atom stereocenters. The average molecular weight is 345 g/mol. The summed E-state index contributed by atoms with van der Waals surface area (Å²) in [4.78, 5) is 25.9. The van der Waals surface area contributed by atoms with E-state index in [-0.39, 0.29) is 11.8 Å². The first kappa shape index (κ1) is 18.0. The molecule has 0 bridgehead atoms. The second-order valence-corrected chi connectivity index (χ2v) is 6.09. The molecule has 2 aromatic rings. The van der Waals surface area contributed by atoms with Gasteiger partial charge in [-0.25, -0.2) is 0 Å². The third-order valence-corrected chi connectivity index (χ3v) is 4.08. The fraction of sp³-hybridized carbons (Fsp3) is 0.263. The highest BCUT2D eigenvalue weighted by Crippen LogP contribution is 2.11. The van der Waals surface area contributed by atoms with Crippen LogP contribution in [0.2, 0.25) is 5.02 Å². The number of rotatable bonds is 6. The van der Waals surface area contributed by atoms with Crippen molar-refractivity contribution in [2.45, 2.75) is 33.0 Å². The van der Waals surface area contributed by atoms with Crippen molar-refractivity contribution >= 4 is 23.4 Å². The highest BCUT2D eigenvalue weighted by Gasteiger charge is 2.23.